The highest BCUT2D eigenvalue weighted by Crippen LogP contribution is 2.28. The van der Waals surface area contributed by atoms with E-state index in [9.17, 15) is 14.4 Å². The van der Waals surface area contributed by atoms with E-state index in [0.29, 0.717) is 17.5 Å². The van der Waals surface area contributed by atoms with E-state index in [0.717, 1.165) is 29.7 Å². The average molecular weight is 418 g/mol. The lowest BCUT2D eigenvalue weighted by atomic mass is 9.96. The molecule has 0 unspecified atom stereocenters. The number of rotatable bonds is 5. The van der Waals surface area contributed by atoms with Gasteiger partial charge < -0.3 is 20.7 Å². The number of nitrogens with two attached hydrogens (primary N) is 1. The van der Waals surface area contributed by atoms with Gasteiger partial charge in [-0.1, -0.05) is 30.3 Å². The van der Waals surface area contributed by atoms with Crippen LogP contribution in [0.1, 0.15) is 32.0 Å². The third kappa shape index (κ3) is 4.24. The van der Waals surface area contributed by atoms with Gasteiger partial charge in [0.25, 0.3) is 11.8 Å². The number of pyridine rings is 1. The summed E-state index contributed by atoms with van der Waals surface area (Å²) in [6.45, 7) is 0.942. The first-order valence-corrected chi connectivity index (χ1v) is 9.89. The van der Waals surface area contributed by atoms with Gasteiger partial charge in [-0.2, -0.15) is 0 Å². The molecule has 0 radical (unpaired) electrons. The lowest BCUT2D eigenvalue weighted by Crippen LogP contribution is -2.30. The Morgan fingerprint density at radius 1 is 1.13 bits per heavy atom. The molecule has 4 rings (SSSR count). The monoisotopic (exact) mass is 418 g/mol. The summed E-state index contributed by atoms with van der Waals surface area (Å²) in [5.41, 5.74) is 8.65. The number of aromatic nitrogens is 1. The molecular formula is C23H22N4O4. The quantitative estimate of drug-likeness (QED) is 0.614. The predicted molar refractivity (Wildman–Crippen MR) is 116 cm³/mol. The molecular weight excluding hydrogens is 396 g/mol. The van der Waals surface area contributed by atoms with Crippen LogP contribution in [0.25, 0.3) is 10.9 Å². The fourth-order valence-electron chi connectivity index (χ4n) is 3.75. The van der Waals surface area contributed by atoms with Gasteiger partial charge in [0.05, 0.1) is 22.3 Å². The molecule has 158 valence electrons. The molecule has 0 spiro atoms. The number of primary amides is 1. The van der Waals surface area contributed by atoms with Crippen molar-refractivity contribution in [2.24, 2.45) is 5.73 Å². The van der Waals surface area contributed by atoms with Crippen LogP contribution in [-0.4, -0.2) is 47.9 Å². The zero-order valence-corrected chi connectivity index (χ0v) is 17.1. The van der Waals surface area contributed by atoms with E-state index in [4.69, 9.17) is 15.5 Å². The summed E-state index contributed by atoms with van der Waals surface area (Å²) in [6, 6.07) is 13.8. The summed E-state index contributed by atoms with van der Waals surface area (Å²) in [5, 5.41) is 3.26. The van der Waals surface area contributed by atoms with Crippen molar-refractivity contribution in [3.63, 3.8) is 0 Å². The second kappa shape index (κ2) is 8.53. The van der Waals surface area contributed by atoms with Crippen LogP contribution in [0.15, 0.2) is 48.5 Å². The maximum absolute atomic E-state index is 13.0. The Hall–Kier alpha value is -3.78. The van der Waals surface area contributed by atoms with Crippen LogP contribution < -0.4 is 11.1 Å². The third-order valence-corrected chi connectivity index (χ3v) is 5.24. The number of nitrogens with zero attached hydrogens (tertiary/aromatic N) is 2. The Morgan fingerprint density at radius 3 is 2.68 bits per heavy atom. The van der Waals surface area contributed by atoms with Gasteiger partial charge in [0.1, 0.15) is 0 Å². The fraction of sp³-hybridized carbons (Fsp3) is 0.217. The van der Waals surface area contributed by atoms with Crippen molar-refractivity contribution in [1.82, 2.24) is 9.88 Å². The lowest BCUT2D eigenvalue weighted by Gasteiger charge is -2.26. The van der Waals surface area contributed by atoms with E-state index in [1.807, 2.05) is 31.3 Å². The maximum atomic E-state index is 13.0. The first-order valence-electron chi connectivity index (χ1n) is 9.89. The molecule has 0 atom stereocenters. The number of nitrogens with one attached hydrogen (secondary N) is 1. The van der Waals surface area contributed by atoms with Gasteiger partial charge >= 0.3 is 5.97 Å². The molecule has 1 aliphatic rings. The van der Waals surface area contributed by atoms with Gasteiger partial charge in [0.2, 0.25) is 0 Å². The fourth-order valence-corrected chi connectivity index (χ4v) is 3.75. The number of para-hydroxylation sites is 2. The van der Waals surface area contributed by atoms with Crippen LogP contribution in [0.2, 0.25) is 0 Å². The van der Waals surface area contributed by atoms with Gasteiger partial charge in [-0.15, -0.1) is 0 Å². The summed E-state index contributed by atoms with van der Waals surface area (Å²) < 4.78 is 5.36. The molecule has 2 amide bonds. The number of anilines is 1. The van der Waals surface area contributed by atoms with Crippen LogP contribution in [0.4, 0.5) is 5.69 Å². The molecule has 31 heavy (non-hydrogen) atoms. The number of hydrogen-bond acceptors (Lipinski definition) is 6. The summed E-state index contributed by atoms with van der Waals surface area (Å²) >= 11 is 0. The number of ether oxygens (including phenoxy) is 1. The molecule has 0 aliphatic carbocycles. The zero-order valence-electron chi connectivity index (χ0n) is 17.1. The molecule has 0 fully saturated rings. The molecule has 8 heteroatoms. The molecule has 3 N–H and O–H groups in total. The van der Waals surface area contributed by atoms with Crippen LogP contribution >= 0.6 is 0 Å². The summed E-state index contributed by atoms with van der Waals surface area (Å²) in [5.74, 6) is -1.80. The molecule has 0 saturated carbocycles. The number of hydrogen-bond donors (Lipinski definition) is 2. The normalized spacial score (nSPS) is 13.5. The van der Waals surface area contributed by atoms with Crippen LogP contribution in [0.5, 0.6) is 0 Å². The van der Waals surface area contributed by atoms with Gasteiger partial charge in [0, 0.05) is 36.2 Å². The average Bonchev–Trinajstić information content (AvgIpc) is 2.76. The van der Waals surface area contributed by atoms with Crippen LogP contribution in [0.3, 0.4) is 0 Å². The SMILES string of the molecule is CN1CCc2nc3ccccc3c(C(=O)OCC(=O)Nc3ccccc3C(N)=O)c2C1. The van der Waals surface area contributed by atoms with E-state index < -0.39 is 24.4 Å². The van der Waals surface area contributed by atoms with E-state index in [2.05, 4.69) is 10.2 Å². The van der Waals surface area contributed by atoms with Crippen molar-refractivity contribution in [1.29, 1.82) is 0 Å². The number of fused-ring (bicyclic) bond motifs is 2. The first-order chi connectivity index (χ1) is 14.9. The lowest BCUT2D eigenvalue weighted by molar-refractivity contribution is -0.119. The molecule has 8 nitrogen and oxygen atoms in total. The Morgan fingerprint density at radius 2 is 1.87 bits per heavy atom. The van der Waals surface area contributed by atoms with Crippen LogP contribution in [0, 0.1) is 0 Å². The van der Waals surface area contributed by atoms with Crippen molar-refractivity contribution in [3.05, 3.63) is 70.9 Å². The number of amides is 2. The summed E-state index contributed by atoms with van der Waals surface area (Å²) in [6.07, 6.45) is 0.737. The highest BCUT2D eigenvalue weighted by atomic mass is 16.5. The minimum atomic E-state index is -0.660. The smallest absolute Gasteiger partial charge is 0.339 e. The van der Waals surface area contributed by atoms with Crippen molar-refractivity contribution in [2.75, 3.05) is 25.5 Å². The van der Waals surface area contributed by atoms with Gasteiger partial charge in [0.15, 0.2) is 6.61 Å². The highest BCUT2D eigenvalue weighted by Gasteiger charge is 2.26. The minimum absolute atomic E-state index is 0.180. The van der Waals surface area contributed by atoms with E-state index in [-0.39, 0.29) is 11.3 Å². The van der Waals surface area contributed by atoms with Crippen molar-refractivity contribution in [2.45, 2.75) is 13.0 Å². The molecule has 1 aromatic heterocycles. The summed E-state index contributed by atoms with van der Waals surface area (Å²) in [4.78, 5) is 43.8. The number of likely N-dealkylation sites (N-methyl/N-ethyl adjacent to an activating group) is 1. The minimum Gasteiger partial charge on any atom is -0.452 e. The topological polar surface area (TPSA) is 115 Å². The van der Waals surface area contributed by atoms with E-state index in [1.165, 1.54) is 6.07 Å². The van der Waals surface area contributed by atoms with Crippen molar-refractivity contribution < 1.29 is 19.1 Å². The second-order valence-corrected chi connectivity index (χ2v) is 7.45. The number of carbonyl (C=O) groups is 3. The predicted octanol–water partition coefficient (Wildman–Crippen LogP) is 2.12. The maximum Gasteiger partial charge on any atom is 0.339 e. The Balaban J connectivity index is 1.56. The molecule has 2 heterocycles. The summed E-state index contributed by atoms with van der Waals surface area (Å²) in [7, 11) is 1.98. The largest absolute Gasteiger partial charge is 0.452 e. The number of esters is 1. The van der Waals surface area contributed by atoms with E-state index in [1.54, 1.807) is 18.2 Å². The first kappa shape index (κ1) is 20.5. The van der Waals surface area contributed by atoms with E-state index >= 15 is 0 Å². The van der Waals surface area contributed by atoms with Crippen molar-refractivity contribution in [3.8, 4) is 0 Å². The standard InChI is InChI=1S/C23H22N4O4/c1-27-11-10-19-16(12-27)21(14-6-2-4-8-17(14)25-19)23(30)31-13-20(28)26-18-9-5-3-7-15(18)22(24)29/h2-9H,10-13H2,1H3,(H2,24,29)(H,26,28). The van der Waals surface area contributed by atoms with Gasteiger partial charge in [-0.25, -0.2) is 4.79 Å². The Bertz CT molecular complexity index is 1190. The number of carbonyl (C=O) groups excluding carboxylic acids is 3. The van der Waals surface area contributed by atoms with Crippen LogP contribution in [-0.2, 0) is 22.5 Å². The second-order valence-electron chi connectivity index (χ2n) is 7.45. The molecule has 0 bridgehead atoms. The Kier molecular flexibility index (Phi) is 5.64. The zero-order chi connectivity index (χ0) is 22.0. The van der Waals surface area contributed by atoms with Gasteiger partial charge in [-0.3, -0.25) is 14.6 Å². The third-order valence-electron chi connectivity index (χ3n) is 5.24. The highest BCUT2D eigenvalue weighted by molar-refractivity contribution is 6.07. The van der Waals surface area contributed by atoms with Crippen molar-refractivity contribution >= 4 is 34.4 Å². The molecule has 0 saturated heterocycles. The van der Waals surface area contributed by atoms with Gasteiger partial charge in [-0.05, 0) is 25.2 Å². The number of benzene rings is 2. The molecule has 2 aromatic carbocycles. The molecule has 1 aliphatic heterocycles. The molecule has 3 aromatic rings. The Labute approximate surface area is 179 Å².